The smallest absolute Gasteiger partial charge is 0.352 e. The lowest BCUT2D eigenvalue weighted by atomic mass is 10.1. The van der Waals surface area contributed by atoms with Gasteiger partial charge in [-0.05, 0) is 30.2 Å². The predicted molar refractivity (Wildman–Crippen MR) is 159 cm³/mol. The summed E-state index contributed by atoms with van der Waals surface area (Å²) in [6.45, 7) is 8.64. The van der Waals surface area contributed by atoms with Gasteiger partial charge in [0, 0.05) is 26.2 Å². The summed E-state index contributed by atoms with van der Waals surface area (Å²) < 4.78 is 32.6. The largest absolute Gasteiger partial charge is 0.355 e. The molecule has 6 rings (SSSR count). The molecule has 0 saturated carbocycles. The van der Waals surface area contributed by atoms with Gasteiger partial charge in [-0.2, -0.15) is 4.98 Å². The molecule has 14 heteroatoms. The number of benzene rings is 1. The molecule has 220 valence electrons. The molecule has 0 atom stereocenters. The summed E-state index contributed by atoms with van der Waals surface area (Å²) in [5.41, 5.74) is -0.543. The fraction of sp³-hybridized carbons (Fsp3) is 0.276. The Morgan fingerprint density at radius 2 is 1.86 bits per heavy atom. The zero-order chi connectivity index (χ0) is 30.4. The van der Waals surface area contributed by atoms with Gasteiger partial charge >= 0.3 is 5.69 Å². The summed E-state index contributed by atoms with van der Waals surface area (Å²) in [7, 11) is 0. The average Bonchev–Trinajstić information content (AvgIpc) is 2.99. The molecule has 1 fully saturated rings. The number of anilines is 2. The van der Waals surface area contributed by atoms with Crippen LogP contribution in [0.3, 0.4) is 0 Å². The summed E-state index contributed by atoms with van der Waals surface area (Å²) in [5, 5.41) is 3.20. The maximum atomic E-state index is 16.0. The second kappa shape index (κ2) is 11.2. The van der Waals surface area contributed by atoms with E-state index in [2.05, 4.69) is 31.8 Å². The van der Waals surface area contributed by atoms with E-state index in [1.165, 1.54) is 35.2 Å². The number of thioether (sulfide) groups is 1. The summed E-state index contributed by atoms with van der Waals surface area (Å²) in [6, 6.07) is 5.18. The molecule has 1 aromatic carbocycles. The molecule has 43 heavy (non-hydrogen) atoms. The third kappa shape index (κ3) is 5.01. The molecule has 2 bridgehead atoms. The molecule has 2 amide bonds. The highest BCUT2D eigenvalue weighted by Crippen LogP contribution is 2.37. The Labute approximate surface area is 248 Å². The minimum Gasteiger partial charge on any atom is -0.352 e. The van der Waals surface area contributed by atoms with Gasteiger partial charge in [0.25, 0.3) is 0 Å². The van der Waals surface area contributed by atoms with E-state index in [4.69, 9.17) is 0 Å². The highest BCUT2D eigenvalue weighted by atomic mass is 32.2. The lowest BCUT2D eigenvalue weighted by Gasteiger charge is -2.35. The van der Waals surface area contributed by atoms with E-state index in [9.17, 15) is 14.4 Å². The van der Waals surface area contributed by atoms with E-state index in [1.54, 1.807) is 9.80 Å². The van der Waals surface area contributed by atoms with E-state index >= 15 is 8.78 Å². The molecular formula is C29H26F2N8O3S. The van der Waals surface area contributed by atoms with Crippen molar-refractivity contribution in [3.63, 3.8) is 0 Å². The number of carbonyl (C=O) groups excluding carboxylic acids is 2. The molecule has 3 aromatic heterocycles. The first-order chi connectivity index (χ1) is 20.7. The van der Waals surface area contributed by atoms with Crippen LogP contribution in [0.15, 0.2) is 53.1 Å². The number of carbonyl (C=O) groups is 2. The van der Waals surface area contributed by atoms with Crippen molar-refractivity contribution < 1.29 is 18.4 Å². The van der Waals surface area contributed by atoms with E-state index in [0.717, 1.165) is 17.8 Å². The van der Waals surface area contributed by atoms with Gasteiger partial charge in [-0.25, -0.2) is 33.1 Å². The van der Waals surface area contributed by atoms with Crippen molar-refractivity contribution in [1.82, 2.24) is 29.4 Å². The Morgan fingerprint density at radius 3 is 2.58 bits per heavy atom. The first-order valence-corrected chi connectivity index (χ1v) is 14.5. The molecule has 5 heterocycles. The number of halogens is 2. The number of aromatic nitrogens is 5. The van der Waals surface area contributed by atoms with Gasteiger partial charge in [-0.1, -0.05) is 38.3 Å². The maximum absolute atomic E-state index is 16.0. The van der Waals surface area contributed by atoms with Gasteiger partial charge < -0.3 is 15.1 Å². The Balaban J connectivity index is 1.68. The highest BCUT2D eigenvalue weighted by Gasteiger charge is 2.29. The normalized spacial score (nSPS) is 15.0. The molecule has 2 aliphatic rings. The molecule has 0 radical (unpaired) electrons. The minimum atomic E-state index is -0.873. The minimum absolute atomic E-state index is 0.0238. The lowest BCUT2D eigenvalue weighted by molar-refractivity contribution is -0.126. The molecule has 11 nitrogen and oxygen atoms in total. The van der Waals surface area contributed by atoms with Crippen LogP contribution in [0.4, 0.5) is 20.3 Å². The number of rotatable bonds is 3. The van der Waals surface area contributed by atoms with Crippen LogP contribution in [0.1, 0.15) is 25.5 Å². The highest BCUT2D eigenvalue weighted by molar-refractivity contribution is 8.00. The van der Waals surface area contributed by atoms with Crippen molar-refractivity contribution in [3.8, 4) is 16.9 Å². The standard InChI is InChI=1S/C29H26F2N8O3S/c1-4-21(41)37-8-10-38(11-9-37)26-16-12-18(31)24-22-17(30)6-5-7-19(22)34-20(40)13-43-28-25(23(15(2)3)32-14-33-28)39(27(16)35-24)29(42)36-26/h4-7,12,14-15H,1,8-11,13H2,2-3H3,(H,34,40). The molecule has 4 aromatic rings. The summed E-state index contributed by atoms with van der Waals surface area (Å²) >= 11 is 1.08. The van der Waals surface area contributed by atoms with Gasteiger partial charge in [0.05, 0.1) is 28.1 Å². The van der Waals surface area contributed by atoms with Gasteiger partial charge in [0.15, 0.2) is 11.5 Å². The van der Waals surface area contributed by atoms with Gasteiger partial charge in [-0.3, -0.25) is 9.59 Å². The molecule has 1 saturated heterocycles. The number of pyridine rings is 1. The summed E-state index contributed by atoms with van der Waals surface area (Å²) in [6.07, 6.45) is 2.59. The summed E-state index contributed by atoms with van der Waals surface area (Å²) in [5.74, 6) is -2.49. The first-order valence-electron chi connectivity index (χ1n) is 13.5. The van der Waals surface area contributed by atoms with E-state index < -0.39 is 23.2 Å². The Bertz CT molecular complexity index is 1870. The van der Waals surface area contributed by atoms with Crippen molar-refractivity contribution in [2.24, 2.45) is 0 Å². The van der Waals surface area contributed by atoms with Crippen LogP contribution in [-0.2, 0) is 9.59 Å². The first kappa shape index (κ1) is 28.4. The Hall–Kier alpha value is -4.72. The number of fused-ring (bicyclic) bond motifs is 5. The van der Waals surface area contributed by atoms with Crippen LogP contribution in [0.2, 0.25) is 0 Å². The van der Waals surface area contributed by atoms with E-state index in [1.807, 2.05) is 13.8 Å². The maximum Gasteiger partial charge on any atom is 0.355 e. The second-order valence-corrected chi connectivity index (χ2v) is 11.3. The second-order valence-electron chi connectivity index (χ2n) is 10.3. The lowest BCUT2D eigenvalue weighted by Crippen LogP contribution is -2.49. The Kier molecular flexibility index (Phi) is 7.38. The number of hydrogen-bond donors (Lipinski definition) is 1. The van der Waals surface area contributed by atoms with Crippen molar-refractivity contribution in [3.05, 3.63) is 71.1 Å². The molecular weight excluding hydrogens is 578 g/mol. The topological polar surface area (TPSA) is 126 Å². The van der Waals surface area contributed by atoms with Crippen LogP contribution in [0.5, 0.6) is 0 Å². The number of hydrogen-bond acceptors (Lipinski definition) is 9. The predicted octanol–water partition coefficient (Wildman–Crippen LogP) is 3.52. The van der Waals surface area contributed by atoms with Crippen molar-refractivity contribution >= 4 is 46.1 Å². The van der Waals surface area contributed by atoms with E-state index in [0.29, 0.717) is 36.9 Å². The third-order valence-electron chi connectivity index (χ3n) is 7.32. The number of nitrogens with zero attached hydrogens (tertiary/aromatic N) is 7. The van der Waals surface area contributed by atoms with Crippen molar-refractivity contribution in [2.75, 3.05) is 42.1 Å². The fourth-order valence-electron chi connectivity index (χ4n) is 5.29. The molecule has 1 N–H and O–H groups in total. The zero-order valence-corrected chi connectivity index (χ0v) is 24.1. The van der Waals surface area contributed by atoms with Gasteiger partial charge in [0.1, 0.15) is 34.4 Å². The third-order valence-corrected chi connectivity index (χ3v) is 8.30. The summed E-state index contributed by atoms with van der Waals surface area (Å²) in [4.78, 5) is 60.3. The average molecular weight is 605 g/mol. The van der Waals surface area contributed by atoms with Crippen molar-refractivity contribution in [1.29, 1.82) is 0 Å². The van der Waals surface area contributed by atoms with Crippen LogP contribution < -0.4 is 15.9 Å². The monoisotopic (exact) mass is 604 g/mol. The van der Waals surface area contributed by atoms with Crippen LogP contribution in [0, 0.1) is 11.6 Å². The number of amides is 2. The van der Waals surface area contributed by atoms with E-state index in [-0.39, 0.29) is 57.1 Å². The molecule has 2 aliphatic heterocycles. The molecule has 0 aliphatic carbocycles. The van der Waals surface area contributed by atoms with Gasteiger partial charge in [0.2, 0.25) is 11.8 Å². The van der Waals surface area contributed by atoms with Crippen LogP contribution in [0.25, 0.3) is 28.0 Å². The fourth-order valence-corrected chi connectivity index (χ4v) is 6.09. The quantitative estimate of drug-likeness (QED) is 0.276. The van der Waals surface area contributed by atoms with Crippen molar-refractivity contribution in [2.45, 2.75) is 24.8 Å². The number of nitrogens with one attached hydrogen (secondary N) is 1. The number of piperazine rings is 1. The Morgan fingerprint density at radius 1 is 1.09 bits per heavy atom. The van der Waals surface area contributed by atoms with Gasteiger partial charge in [-0.15, -0.1) is 0 Å². The molecule has 0 unspecified atom stereocenters. The van der Waals surface area contributed by atoms with Crippen LogP contribution in [-0.4, -0.2) is 73.1 Å². The zero-order valence-electron chi connectivity index (χ0n) is 23.3. The SMILES string of the molecule is C=CC(=O)N1CCN(c2nc(=O)n3c4nc(c(F)cc24)-c2c(F)cccc2NC(=O)CSc2ncnc(C(C)C)c2-3)CC1. The van der Waals surface area contributed by atoms with Crippen LogP contribution >= 0.6 is 11.8 Å². The molecule has 0 spiro atoms.